The van der Waals surface area contributed by atoms with Crippen LogP contribution in [0.15, 0.2) is 48.2 Å². The van der Waals surface area contributed by atoms with E-state index in [1.807, 2.05) is 0 Å². The van der Waals surface area contributed by atoms with E-state index < -0.39 is 16.9 Å². The van der Waals surface area contributed by atoms with Gasteiger partial charge >= 0.3 is 5.97 Å². The minimum atomic E-state index is -0.819. The molecular formula is C25H25ClFNO4. The van der Waals surface area contributed by atoms with Gasteiger partial charge in [0.05, 0.1) is 11.0 Å². The summed E-state index contributed by atoms with van der Waals surface area (Å²) in [5, 5.41) is 3.40. The molecule has 0 bridgehead atoms. The number of benzene rings is 2. The number of ether oxygens (including phenoxy) is 2. The highest BCUT2D eigenvalue weighted by Gasteiger charge is 2.50. The van der Waals surface area contributed by atoms with Gasteiger partial charge in [0, 0.05) is 36.6 Å². The molecule has 2 heterocycles. The summed E-state index contributed by atoms with van der Waals surface area (Å²) in [7, 11) is 0. The number of hydrogen-bond donors (Lipinski definition) is 1. The van der Waals surface area contributed by atoms with Crippen molar-refractivity contribution in [3.8, 4) is 11.1 Å². The van der Waals surface area contributed by atoms with Crippen molar-refractivity contribution in [1.29, 1.82) is 0 Å². The Morgan fingerprint density at radius 3 is 2.34 bits per heavy atom. The molecule has 1 N–H and O–H groups in total. The van der Waals surface area contributed by atoms with Crippen LogP contribution in [0.3, 0.4) is 0 Å². The molecule has 2 aromatic rings. The van der Waals surface area contributed by atoms with Crippen molar-refractivity contribution in [2.45, 2.75) is 39.2 Å². The molecule has 2 aromatic carbocycles. The molecule has 0 aromatic heterocycles. The SMILES string of the molecule is CC(C)(C)C(=O)OC1=C(c2cc(-c3ccc(F)cc3)ccc2Cl)C(=O)NC12CCOCC2. The second-order valence-electron chi connectivity index (χ2n) is 9.19. The van der Waals surface area contributed by atoms with Crippen molar-refractivity contribution >= 4 is 29.1 Å². The smallest absolute Gasteiger partial charge is 0.316 e. The van der Waals surface area contributed by atoms with Gasteiger partial charge in [0.25, 0.3) is 5.91 Å². The zero-order valence-electron chi connectivity index (χ0n) is 18.3. The number of rotatable bonds is 3. The van der Waals surface area contributed by atoms with Crippen molar-refractivity contribution < 1.29 is 23.5 Å². The molecule has 2 aliphatic rings. The number of carbonyl (C=O) groups is 2. The molecule has 0 radical (unpaired) electrons. The Labute approximate surface area is 191 Å². The van der Waals surface area contributed by atoms with Crippen molar-refractivity contribution in [3.63, 3.8) is 0 Å². The van der Waals surface area contributed by atoms with Crippen molar-refractivity contribution in [1.82, 2.24) is 5.32 Å². The van der Waals surface area contributed by atoms with Gasteiger partial charge in [-0.2, -0.15) is 0 Å². The summed E-state index contributed by atoms with van der Waals surface area (Å²) in [5.74, 6) is -0.817. The third-order valence-corrected chi connectivity index (χ3v) is 6.14. The van der Waals surface area contributed by atoms with E-state index in [0.29, 0.717) is 42.4 Å². The van der Waals surface area contributed by atoms with Crippen molar-refractivity contribution in [2.75, 3.05) is 13.2 Å². The third kappa shape index (κ3) is 4.17. The van der Waals surface area contributed by atoms with Crippen LogP contribution in [0, 0.1) is 11.2 Å². The first kappa shape index (κ1) is 22.5. The Balaban J connectivity index is 1.87. The van der Waals surface area contributed by atoms with E-state index in [-0.39, 0.29) is 17.3 Å². The maximum Gasteiger partial charge on any atom is 0.316 e. The van der Waals surface area contributed by atoms with E-state index in [1.54, 1.807) is 51.1 Å². The Hall–Kier alpha value is -2.70. The highest BCUT2D eigenvalue weighted by Crippen LogP contribution is 2.43. The Kier molecular flexibility index (Phi) is 5.86. The summed E-state index contributed by atoms with van der Waals surface area (Å²) >= 11 is 6.53. The lowest BCUT2D eigenvalue weighted by Crippen LogP contribution is -2.49. The molecule has 1 amide bonds. The average Bonchev–Trinajstić information content (AvgIpc) is 2.99. The van der Waals surface area contributed by atoms with Crippen LogP contribution in [0.5, 0.6) is 0 Å². The molecule has 2 aliphatic heterocycles. The quantitative estimate of drug-likeness (QED) is 0.649. The fraction of sp³-hybridized carbons (Fsp3) is 0.360. The molecule has 1 spiro atoms. The molecule has 168 valence electrons. The second kappa shape index (κ2) is 8.34. The molecule has 4 rings (SSSR count). The van der Waals surface area contributed by atoms with Crippen LogP contribution in [0.25, 0.3) is 16.7 Å². The fourth-order valence-corrected chi connectivity index (χ4v) is 4.14. The van der Waals surface area contributed by atoms with E-state index in [0.717, 1.165) is 11.1 Å². The van der Waals surface area contributed by atoms with Crippen LogP contribution < -0.4 is 5.32 Å². The minimum absolute atomic E-state index is 0.249. The van der Waals surface area contributed by atoms with E-state index in [2.05, 4.69) is 5.32 Å². The van der Waals surface area contributed by atoms with Gasteiger partial charge in [0.15, 0.2) is 0 Å². The molecule has 32 heavy (non-hydrogen) atoms. The monoisotopic (exact) mass is 457 g/mol. The molecule has 1 saturated heterocycles. The standard InChI is InChI=1S/C25H25ClFNO4/c1-24(2,3)23(30)32-21-20(22(29)28-25(21)10-12-31-13-11-25)18-14-16(6-9-19(18)26)15-4-7-17(27)8-5-15/h4-9,14H,10-13H2,1-3H3,(H,28,29). The number of carbonyl (C=O) groups excluding carboxylic acids is 2. The third-order valence-electron chi connectivity index (χ3n) is 5.81. The summed E-state index contributed by atoms with van der Waals surface area (Å²) in [4.78, 5) is 26.1. The molecule has 7 heteroatoms. The first-order chi connectivity index (χ1) is 15.1. The van der Waals surface area contributed by atoms with Gasteiger partial charge < -0.3 is 14.8 Å². The van der Waals surface area contributed by atoms with Gasteiger partial charge in [0.2, 0.25) is 0 Å². The Bertz CT molecular complexity index is 1100. The van der Waals surface area contributed by atoms with E-state index in [9.17, 15) is 14.0 Å². The van der Waals surface area contributed by atoms with E-state index in [4.69, 9.17) is 21.1 Å². The van der Waals surface area contributed by atoms with Crippen LogP contribution in [-0.4, -0.2) is 30.6 Å². The Morgan fingerprint density at radius 1 is 1.09 bits per heavy atom. The Morgan fingerprint density at radius 2 is 1.72 bits per heavy atom. The number of esters is 1. The normalized spacial score (nSPS) is 18.1. The van der Waals surface area contributed by atoms with Crippen LogP contribution in [0.2, 0.25) is 5.02 Å². The van der Waals surface area contributed by atoms with E-state index in [1.165, 1.54) is 12.1 Å². The second-order valence-corrected chi connectivity index (χ2v) is 9.60. The zero-order valence-corrected chi connectivity index (χ0v) is 19.0. The summed E-state index contributed by atoms with van der Waals surface area (Å²) in [6.07, 6.45) is 0.981. The molecule has 0 atom stereocenters. The molecule has 1 fully saturated rings. The molecule has 0 saturated carbocycles. The van der Waals surface area contributed by atoms with Gasteiger partial charge in [0.1, 0.15) is 17.1 Å². The highest BCUT2D eigenvalue weighted by molar-refractivity contribution is 6.36. The van der Waals surface area contributed by atoms with Crippen LogP contribution in [0.4, 0.5) is 4.39 Å². The topological polar surface area (TPSA) is 64.6 Å². The van der Waals surface area contributed by atoms with Gasteiger partial charge in [-0.25, -0.2) is 4.39 Å². The highest BCUT2D eigenvalue weighted by atomic mass is 35.5. The van der Waals surface area contributed by atoms with Crippen molar-refractivity contribution in [2.24, 2.45) is 5.41 Å². The molecule has 0 unspecified atom stereocenters. The predicted octanol–water partition coefficient (Wildman–Crippen LogP) is 5.13. The lowest BCUT2D eigenvalue weighted by Gasteiger charge is -2.35. The minimum Gasteiger partial charge on any atom is -0.427 e. The van der Waals surface area contributed by atoms with Gasteiger partial charge in [-0.15, -0.1) is 0 Å². The summed E-state index contributed by atoms with van der Waals surface area (Å²) in [5.41, 5.74) is 0.678. The average molecular weight is 458 g/mol. The first-order valence-electron chi connectivity index (χ1n) is 10.5. The summed E-state index contributed by atoms with van der Waals surface area (Å²) in [6.45, 7) is 6.16. The van der Waals surface area contributed by atoms with Gasteiger partial charge in [-0.3, -0.25) is 9.59 Å². The predicted molar refractivity (Wildman–Crippen MR) is 120 cm³/mol. The maximum atomic E-state index is 13.4. The fourth-order valence-electron chi connectivity index (χ4n) is 3.93. The lowest BCUT2D eigenvalue weighted by atomic mass is 9.87. The van der Waals surface area contributed by atoms with E-state index >= 15 is 0 Å². The summed E-state index contributed by atoms with van der Waals surface area (Å²) < 4.78 is 24.8. The maximum absolute atomic E-state index is 13.4. The first-order valence-corrected chi connectivity index (χ1v) is 10.9. The number of hydrogen-bond acceptors (Lipinski definition) is 4. The summed E-state index contributed by atoms with van der Waals surface area (Å²) in [6, 6.07) is 11.3. The van der Waals surface area contributed by atoms with Gasteiger partial charge in [-0.1, -0.05) is 29.8 Å². The molecule has 5 nitrogen and oxygen atoms in total. The molecular weight excluding hydrogens is 433 g/mol. The zero-order chi connectivity index (χ0) is 23.1. The lowest BCUT2D eigenvalue weighted by molar-refractivity contribution is -0.150. The number of halogens is 2. The van der Waals surface area contributed by atoms with Crippen LogP contribution in [-0.2, 0) is 19.1 Å². The number of nitrogens with one attached hydrogen (secondary N) is 1. The van der Waals surface area contributed by atoms with Crippen LogP contribution >= 0.6 is 11.6 Å². The van der Waals surface area contributed by atoms with Gasteiger partial charge in [-0.05, 0) is 56.2 Å². The van der Waals surface area contributed by atoms with Crippen LogP contribution in [0.1, 0.15) is 39.2 Å². The van der Waals surface area contributed by atoms with Crippen molar-refractivity contribution in [3.05, 3.63) is 64.6 Å². The number of amides is 1. The molecule has 0 aliphatic carbocycles. The largest absolute Gasteiger partial charge is 0.427 e.